The summed E-state index contributed by atoms with van der Waals surface area (Å²) >= 11 is 1.68. The second-order valence-electron chi connectivity index (χ2n) is 4.54. The van der Waals surface area contributed by atoms with Crippen LogP contribution in [-0.2, 0) is 0 Å². The molecule has 0 aliphatic rings. The number of thiazole rings is 1. The Bertz CT molecular complexity index is 534. The van der Waals surface area contributed by atoms with Crippen LogP contribution in [0.2, 0.25) is 0 Å². The Morgan fingerprint density at radius 1 is 1.59 bits per heavy atom. The topological polar surface area (TPSA) is 29.3 Å². The first-order valence-corrected chi connectivity index (χ1v) is 6.78. The standard InChI is InChI=1S/C13H19N3S/c1-9(2)11(8-14-4)7-12-10(3)15-13-16(12)5-6-17-13/h5-7,9,14H,8H2,1-4H3. The van der Waals surface area contributed by atoms with Crippen molar-refractivity contribution in [1.82, 2.24) is 14.7 Å². The van der Waals surface area contributed by atoms with Gasteiger partial charge < -0.3 is 5.32 Å². The van der Waals surface area contributed by atoms with Crippen LogP contribution in [0.15, 0.2) is 17.2 Å². The van der Waals surface area contributed by atoms with Crippen LogP contribution < -0.4 is 5.32 Å². The minimum Gasteiger partial charge on any atom is -0.316 e. The van der Waals surface area contributed by atoms with E-state index in [-0.39, 0.29) is 0 Å². The summed E-state index contributed by atoms with van der Waals surface area (Å²) < 4.78 is 2.16. The molecule has 0 amide bonds. The second-order valence-corrected chi connectivity index (χ2v) is 5.42. The molecular weight excluding hydrogens is 230 g/mol. The molecule has 2 heterocycles. The largest absolute Gasteiger partial charge is 0.316 e. The predicted octanol–water partition coefficient (Wildman–Crippen LogP) is 2.96. The maximum Gasteiger partial charge on any atom is 0.194 e. The van der Waals surface area contributed by atoms with E-state index in [0.717, 1.165) is 17.2 Å². The van der Waals surface area contributed by atoms with E-state index in [9.17, 15) is 0 Å². The van der Waals surface area contributed by atoms with Crippen LogP contribution in [0.1, 0.15) is 25.2 Å². The predicted molar refractivity (Wildman–Crippen MR) is 74.5 cm³/mol. The molecule has 92 valence electrons. The zero-order valence-electron chi connectivity index (χ0n) is 10.8. The average Bonchev–Trinajstić information content (AvgIpc) is 2.80. The van der Waals surface area contributed by atoms with Crippen LogP contribution in [0.5, 0.6) is 0 Å². The molecule has 2 aromatic rings. The number of fused-ring (bicyclic) bond motifs is 1. The number of rotatable bonds is 4. The lowest BCUT2D eigenvalue weighted by atomic mass is 10.0. The Kier molecular flexibility index (Phi) is 3.64. The molecule has 0 fully saturated rings. The Morgan fingerprint density at radius 2 is 2.35 bits per heavy atom. The zero-order chi connectivity index (χ0) is 12.4. The van der Waals surface area contributed by atoms with Crippen LogP contribution in [-0.4, -0.2) is 23.0 Å². The molecule has 0 saturated carbocycles. The Labute approximate surface area is 106 Å². The molecule has 0 spiro atoms. The molecule has 0 bridgehead atoms. The van der Waals surface area contributed by atoms with Gasteiger partial charge >= 0.3 is 0 Å². The molecule has 0 aliphatic carbocycles. The van der Waals surface area contributed by atoms with E-state index in [1.807, 2.05) is 7.05 Å². The third kappa shape index (κ3) is 2.42. The molecule has 1 N–H and O–H groups in total. The molecule has 17 heavy (non-hydrogen) atoms. The molecule has 2 aromatic heterocycles. The van der Waals surface area contributed by atoms with E-state index in [1.165, 1.54) is 11.3 Å². The van der Waals surface area contributed by atoms with Crippen molar-refractivity contribution in [2.45, 2.75) is 20.8 Å². The summed E-state index contributed by atoms with van der Waals surface area (Å²) in [6.45, 7) is 7.45. The molecule has 0 unspecified atom stereocenters. The van der Waals surface area contributed by atoms with Gasteiger partial charge in [0, 0.05) is 18.1 Å². The van der Waals surface area contributed by atoms with E-state index in [4.69, 9.17) is 0 Å². The lowest BCUT2D eigenvalue weighted by molar-refractivity contribution is 0.712. The van der Waals surface area contributed by atoms with Crippen molar-refractivity contribution in [2.24, 2.45) is 5.92 Å². The van der Waals surface area contributed by atoms with Gasteiger partial charge in [-0.05, 0) is 26.0 Å². The van der Waals surface area contributed by atoms with Crippen molar-refractivity contribution >= 4 is 22.4 Å². The van der Waals surface area contributed by atoms with Gasteiger partial charge in [0.05, 0.1) is 11.4 Å². The Hall–Kier alpha value is -1.13. The maximum atomic E-state index is 4.56. The lowest BCUT2D eigenvalue weighted by Crippen LogP contribution is -2.14. The van der Waals surface area contributed by atoms with Gasteiger partial charge in [0.1, 0.15) is 0 Å². The number of imidazole rings is 1. The van der Waals surface area contributed by atoms with Gasteiger partial charge in [-0.1, -0.05) is 19.4 Å². The minimum absolute atomic E-state index is 0.547. The van der Waals surface area contributed by atoms with Crippen LogP contribution in [0, 0.1) is 12.8 Å². The highest BCUT2D eigenvalue weighted by atomic mass is 32.1. The third-order valence-corrected chi connectivity index (χ3v) is 3.68. The molecule has 2 rings (SSSR count). The molecular formula is C13H19N3S. The molecule has 0 saturated heterocycles. The fourth-order valence-corrected chi connectivity index (χ4v) is 2.65. The Balaban J connectivity index is 2.47. The summed E-state index contributed by atoms with van der Waals surface area (Å²) in [7, 11) is 1.99. The smallest absolute Gasteiger partial charge is 0.194 e. The van der Waals surface area contributed by atoms with Crippen molar-refractivity contribution in [3.63, 3.8) is 0 Å². The molecule has 0 aromatic carbocycles. The molecule has 0 atom stereocenters. The van der Waals surface area contributed by atoms with Gasteiger partial charge in [-0.15, -0.1) is 11.3 Å². The second kappa shape index (κ2) is 5.02. The third-order valence-electron chi connectivity index (χ3n) is 2.93. The SMILES string of the molecule is CNCC(=Cc1c(C)nc2sccn12)C(C)C. The number of nitrogens with one attached hydrogen (secondary N) is 1. The summed E-state index contributed by atoms with van der Waals surface area (Å²) in [6.07, 6.45) is 4.35. The minimum atomic E-state index is 0.547. The number of hydrogen-bond acceptors (Lipinski definition) is 3. The molecule has 0 aliphatic heterocycles. The molecule has 0 radical (unpaired) electrons. The highest BCUT2D eigenvalue weighted by molar-refractivity contribution is 7.15. The number of aromatic nitrogens is 2. The number of likely N-dealkylation sites (N-methyl/N-ethyl adjacent to an activating group) is 1. The molecule has 3 nitrogen and oxygen atoms in total. The highest BCUT2D eigenvalue weighted by Crippen LogP contribution is 2.21. The number of aryl methyl sites for hydroxylation is 1. The van der Waals surface area contributed by atoms with Crippen molar-refractivity contribution < 1.29 is 0 Å². The first-order chi connectivity index (χ1) is 8.13. The van der Waals surface area contributed by atoms with Crippen LogP contribution in [0.4, 0.5) is 0 Å². The van der Waals surface area contributed by atoms with Gasteiger partial charge in [-0.25, -0.2) is 4.98 Å². The van der Waals surface area contributed by atoms with E-state index < -0.39 is 0 Å². The summed E-state index contributed by atoms with van der Waals surface area (Å²) in [5, 5.41) is 5.30. The molecule has 4 heteroatoms. The van der Waals surface area contributed by atoms with Crippen LogP contribution >= 0.6 is 11.3 Å². The maximum absolute atomic E-state index is 4.56. The van der Waals surface area contributed by atoms with Crippen LogP contribution in [0.25, 0.3) is 11.0 Å². The van der Waals surface area contributed by atoms with Crippen LogP contribution in [0.3, 0.4) is 0 Å². The summed E-state index contributed by atoms with van der Waals surface area (Å²) in [5.74, 6) is 0.547. The lowest BCUT2D eigenvalue weighted by Gasteiger charge is -2.10. The summed E-state index contributed by atoms with van der Waals surface area (Å²) in [5.41, 5.74) is 3.72. The first-order valence-electron chi connectivity index (χ1n) is 5.90. The van der Waals surface area contributed by atoms with Crippen molar-refractivity contribution in [1.29, 1.82) is 0 Å². The van der Waals surface area contributed by atoms with E-state index in [2.05, 4.69) is 53.1 Å². The van der Waals surface area contributed by atoms with Crippen molar-refractivity contribution in [2.75, 3.05) is 13.6 Å². The van der Waals surface area contributed by atoms with E-state index in [0.29, 0.717) is 5.92 Å². The first kappa shape index (κ1) is 12.3. The summed E-state index contributed by atoms with van der Waals surface area (Å²) in [4.78, 5) is 5.63. The monoisotopic (exact) mass is 249 g/mol. The van der Waals surface area contributed by atoms with E-state index >= 15 is 0 Å². The van der Waals surface area contributed by atoms with Gasteiger partial charge in [-0.3, -0.25) is 4.40 Å². The fourth-order valence-electron chi connectivity index (χ4n) is 1.89. The normalized spacial score (nSPS) is 12.9. The number of hydrogen-bond donors (Lipinski definition) is 1. The quantitative estimate of drug-likeness (QED) is 0.902. The zero-order valence-corrected chi connectivity index (χ0v) is 11.6. The van der Waals surface area contributed by atoms with Gasteiger partial charge in [0.2, 0.25) is 0 Å². The van der Waals surface area contributed by atoms with Gasteiger partial charge in [0.25, 0.3) is 0 Å². The van der Waals surface area contributed by atoms with Crippen molar-refractivity contribution in [3.8, 4) is 0 Å². The van der Waals surface area contributed by atoms with Gasteiger partial charge in [0.15, 0.2) is 4.96 Å². The average molecular weight is 249 g/mol. The number of nitrogens with zero attached hydrogens (tertiary/aromatic N) is 2. The van der Waals surface area contributed by atoms with Gasteiger partial charge in [-0.2, -0.15) is 0 Å². The Morgan fingerprint density at radius 3 is 3.00 bits per heavy atom. The fraction of sp³-hybridized carbons (Fsp3) is 0.462. The highest BCUT2D eigenvalue weighted by Gasteiger charge is 2.09. The van der Waals surface area contributed by atoms with Crippen molar-refractivity contribution in [3.05, 3.63) is 28.5 Å². The summed E-state index contributed by atoms with van der Waals surface area (Å²) in [6, 6.07) is 0. The van der Waals surface area contributed by atoms with E-state index in [1.54, 1.807) is 11.3 Å².